The molecule has 1 heterocycles. The van der Waals surface area contributed by atoms with E-state index < -0.39 is 5.97 Å². The van der Waals surface area contributed by atoms with Crippen LogP contribution in [-0.4, -0.2) is 22.5 Å². The Kier molecular flexibility index (Phi) is 3.39. The highest BCUT2D eigenvalue weighted by Gasteiger charge is 2.05. The van der Waals surface area contributed by atoms with Gasteiger partial charge in [-0.05, 0) is 0 Å². The minimum Gasteiger partial charge on any atom is -0.461 e. The summed E-state index contributed by atoms with van der Waals surface area (Å²) in [6.07, 6.45) is 4.24. The first kappa shape index (κ1) is 9.13. The number of nitriles is 1. The van der Waals surface area contributed by atoms with Crippen LogP contribution in [-0.2, 0) is 4.74 Å². The summed E-state index contributed by atoms with van der Waals surface area (Å²) in [5.41, 5.74) is 0.292. The topological polar surface area (TPSA) is 75.9 Å². The van der Waals surface area contributed by atoms with Gasteiger partial charge < -0.3 is 4.74 Å². The molecule has 0 amide bonds. The van der Waals surface area contributed by atoms with Gasteiger partial charge in [0.1, 0.15) is 12.9 Å². The first-order valence-electron chi connectivity index (χ1n) is 3.63. The van der Waals surface area contributed by atoms with Crippen LogP contribution in [0.3, 0.4) is 0 Å². The number of carbonyl (C=O) groups excluding carboxylic acids is 1. The van der Waals surface area contributed by atoms with Crippen molar-refractivity contribution in [3.8, 4) is 6.07 Å². The van der Waals surface area contributed by atoms with E-state index in [-0.39, 0.29) is 13.0 Å². The molecule has 1 rings (SSSR count). The highest BCUT2D eigenvalue weighted by atomic mass is 16.5. The summed E-state index contributed by atoms with van der Waals surface area (Å²) in [6.45, 7) is 0.101. The Morgan fingerprint density at radius 3 is 2.85 bits per heavy atom. The smallest absolute Gasteiger partial charge is 0.341 e. The fraction of sp³-hybridized carbons (Fsp3) is 0.250. The molecule has 0 unspecified atom stereocenters. The fourth-order valence-corrected chi connectivity index (χ4v) is 0.677. The lowest BCUT2D eigenvalue weighted by Gasteiger charge is -1.99. The molecular formula is C8H7N3O2. The lowest BCUT2D eigenvalue weighted by molar-refractivity contribution is 0.0512. The Hall–Kier alpha value is -1.96. The van der Waals surface area contributed by atoms with Crippen LogP contribution in [0, 0.1) is 11.3 Å². The van der Waals surface area contributed by atoms with Crippen molar-refractivity contribution in [2.75, 3.05) is 6.61 Å². The van der Waals surface area contributed by atoms with Gasteiger partial charge in [-0.25, -0.2) is 14.8 Å². The van der Waals surface area contributed by atoms with Crippen molar-refractivity contribution in [2.24, 2.45) is 0 Å². The van der Waals surface area contributed by atoms with Crippen molar-refractivity contribution in [2.45, 2.75) is 6.42 Å². The van der Waals surface area contributed by atoms with Gasteiger partial charge in [0.05, 0.1) is 18.1 Å². The molecule has 0 aromatic carbocycles. The second kappa shape index (κ2) is 4.83. The van der Waals surface area contributed by atoms with Crippen molar-refractivity contribution >= 4 is 5.97 Å². The van der Waals surface area contributed by atoms with Crippen LogP contribution in [0.5, 0.6) is 0 Å². The van der Waals surface area contributed by atoms with E-state index in [1.807, 2.05) is 6.07 Å². The molecule has 1 aromatic rings. The largest absolute Gasteiger partial charge is 0.461 e. The summed E-state index contributed by atoms with van der Waals surface area (Å²) in [5.74, 6) is -0.504. The van der Waals surface area contributed by atoms with Gasteiger partial charge in [-0.3, -0.25) is 0 Å². The maximum Gasteiger partial charge on any atom is 0.341 e. The monoisotopic (exact) mass is 177 g/mol. The van der Waals surface area contributed by atoms with Crippen molar-refractivity contribution in [3.05, 3.63) is 24.3 Å². The van der Waals surface area contributed by atoms with E-state index in [1.54, 1.807) is 0 Å². The molecule has 0 radical (unpaired) electrons. The summed E-state index contributed by atoms with van der Waals surface area (Å²) in [4.78, 5) is 18.4. The SMILES string of the molecule is N#CCCOC(=O)c1cncnc1. The predicted octanol–water partition coefficient (Wildman–Crippen LogP) is 0.547. The lowest BCUT2D eigenvalue weighted by Crippen LogP contribution is -2.06. The summed E-state index contributed by atoms with van der Waals surface area (Å²) >= 11 is 0. The molecule has 0 spiro atoms. The molecule has 0 saturated heterocycles. The Labute approximate surface area is 75.0 Å². The van der Waals surface area contributed by atoms with Gasteiger partial charge in [0.25, 0.3) is 0 Å². The fourth-order valence-electron chi connectivity index (χ4n) is 0.677. The van der Waals surface area contributed by atoms with E-state index in [0.717, 1.165) is 0 Å². The average Bonchev–Trinajstić information content (AvgIpc) is 2.19. The van der Waals surface area contributed by atoms with Crippen LogP contribution in [0.2, 0.25) is 0 Å². The van der Waals surface area contributed by atoms with Gasteiger partial charge >= 0.3 is 5.97 Å². The number of ether oxygens (including phenoxy) is 1. The molecule has 0 aliphatic carbocycles. The molecule has 13 heavy (non-hydrogen) atoms. The molecule has 0 atom stereocenters. The van der Waals surface area contributed by atoms with E-state index in [4.69, 9.17) is 10.00 Å². The van der Waals surface area contributed by atoms with Gasteiger partial charge in [0.15, 0.2) is 0 Å². The highest BCUT2D eigenvalue weighted by Crippen LogP contribution is 1.96. The van der Waals surface area contributed by atoms with E-state index in [2.05, 4.69) is 9.97 Å². The van der Waals surface area contributed by atoms with Crippen molar-refractivity contribution < 1.29 is 9.53 Å². The third kappa shape index (κ3) is 2.87. The maximum absolute atomic E-state index is 11.1. The molecule has 0 saturated carbocycles. The first-order chi connectivity index (χ1) is 6.34. The van der Waals surface area contributed by atoms with Gasteiger partial charge in [-0.1, -0.05) is 0 Å². The number of esters is 1. The summed E-state index contributed by atoms with van der Waals surface area (Å²) in [6, 6.07) is 1.87. The molecule has 1 aromatic heterocycles. The summed E-state index contributed by atoms with van der Waals surface area (Å²) < 4.78 is 4.73. The number of hydrogen-bond donors (Lipinski definition) is 0. The molecule has 0 aliphatic rings. The first-order valence-corrected chi connectivity index (χ1v) is 3.63. The molecule has 5 nitrogen and oxygen atoms in total. The number of nitrogens with zero attached hydrogens (tertiary/aromatic N) is 3. The van der Waals surface area contributed by atoms with Gasteiger partial charge in [0.2, 0.25) is 0 Å². The third-order valence-electron chi connectivity index (χ3n) is 1.24. The second-order valence-corrected chi connectivity index (χ2v) is 2.17. The minimum atomic E-state index is -0.504. The van der Waals surface area contributed by atoms with Crippen molar-refractivity contribution in [1.82, 2.24) is 9.97 Å². The Bertz CT molecular complexity index is 318. The highest BCUT2D eigenvalue weighted by molar-refractivity contribution is 5.88. The van der Waals surface area contributed by atoms with Crippen LogP contribution >= 0.6 is 0 Å². The summed E-state index contributed by atoms with van der Waals surface area (Å²) in [5, 5.41) is 8.18. The molecule has 0 N–H and O–H groups in total. The normalized spacial score (nSPS) is 8.85. The lowest BCUT2D eigenvalue weighted by atomic mass is 10.3. The zero-order chi connectivity index (χ0) is 9.52. The van der Waals surface area contributed by atoms with Gasteiger partial charge in [-0.2, -0.15) is 5.26 Å². The molecule has 0 aliphatic heterocycles. The van der Waals surface area contributed by atoms with E-state index in [1.165, 1.54) is 18.7 Å². The molecule has 66 valence electrons. The molecule has 5 heteroatoms. The van der Waals surface area contributed by atoms with E-state index in [9.17, 15) is 4.79 Å². The summed E-state index contributed by atoms with van der Waals surface area (Å²) in [7, 11) is 0. The van der Waals surface area contributed by atoms with Crippen LogP contribution in [0.4, 0.5) is 0 Å². The second-order valence-electron chi connectivity index (χ2n) is 2.17. The van der Waals surface area contributed by atoms with E-state index in [0.29, 0.717) is 5.56 Å². The number of rotatable bonds is 3. The zero-order valence-electron chi connectivity index (χ0n) is 6.80. The number of aromatic nitrogens is 2. The van der Waals surface area contributed by atoms with E-state index >= 15 is 0 Å². The van der Waals surface area contributed by atoms with Gasteiger partial charge in [0, 0.05) is 12.4 Å². The standard InChI is InChI=1S/C8H7N3O2/c9-2-1-3-13-8(12)7-4-10-6-11-5-7/h4-6H,1,3H2. The Balaban J connectivity index is 2.46. The third-order valence-corrected chi connectivity index (χ3v) is 1.24. The Morgan fingerprint density at radius 2 is 2.23 bits per heavy atom. The van der Waals surface area contributed by atoms with Crippen molar-refractivity contribution in [1.29, 1.82) is 5.26 Å². The van der Waals surface area contributed by atoms with Crippen molar-refractivity contribution in [3.63, 3.8) is 0 Å². The predicted molar refractivity (Wildman–Crippen MR) is 42.5 cm³/mol. The molecular weight excluding hydrogens is 170 g/mol. The minimum absolute atomic E-state index is 0.101. The quantitative estimate of drug-likeness (QED) is 0.497. The Morgan fingerprint density at radius 1 is 1.54 bits per heavy atom. The maximum atomic E-state index is 11.1. The van der Waals surface area contributed by atoms with Gasteiger partial charge in [-0.15, -0.1) is 0 Å². The molecule has 0 bridgehead atoms. The van der Waals surface area contributed by atoms with Crippen LogP contribution in [0.15, 0.2) is 18.7 Å². The zero-order valence-corrected chi connectivity index (χ0v) is 6.80. The number of carbonyl (C=O) groups is 1. The average molecular weight is 177 g/mol. The number of hydrogen-bond acceptors (Lipinski definition) is 5. The van der Waals surface area contributed by atoms with Crippen LogP contribution < -0.4 is 0 Å². The van der Waals surface area contributed by atoms with Crippen LogP contribution in [0.25, 0.3) is 0 Å². The van der Waals surface area contributed by atoms with Crippen LogP contribution in [0.1, 0.15) is 16.8 Å². The molecule has 0 fully saturated rings.